The molecule has 0 aromatic heterocycles. The zero-order valence-electron chi connectivity index (χ0n) is 11.0. The van der Waals surface area contributed by atoms with E-state index in [1.807, 2.05) is 6.92 Å². The van der Waals surface area contributed by atoms with Crippen molar-refractivity contribution in [3.63, 3.8) is 0 Å². The third kappa shape index (κ3) is 3.09. The van der Waals surface area contributed by atoms with Crippen LogP contribution in [0.4, 0.5) is 4.39 Å². The number of benzene rings is 1. The minimum Gasteiger partial charge on any atom is -0.349 e. The Labute approximate surface area is 108 Å². The summed E-state index contributed by atoms with van der Waals surface area (Å²) in [7, 11) is 0. The summed E-state index contributed by atoms with van der Waals surface area (Å²) in [6, 6.07) is 4.92. The van der Waals surface area contributed by atoms with Crippen molar-refractivity contribution in [2.24, 2.45) is 5.92 Å². The van der Waals surface area contributed by atoms with Gasteiger partial charge in [-0.05, 0) is 43.4 Å². The molecule has 0 spiro atoms. The van der Waals surface area contributed by atoms with Crippen LogP contribution >= 0.6 is 0 Å². The van der Waals surface area contributed by atoms with E-state index in [0.29, 0.717) is 5.92 Å². The fraction of sp³-hybridized carbons (Fsp3) is 0.533. The molecular formula is C15H20FNO. The van der Waals surface area contributed by atoms with Crippen molar-refractivity contribution in [3.8, 4) is 0 Å². The summed E-state index contributed by atoms with van der Waals surface area (Å²) in [5.41, 5.74) is 0.981. The average Bonchev–Trinajstić information content (AvgIpc) is 2.28. The molecule has 2 unspecified atom stereocenters. The third-order valence-electron chi connectivity index (χ3n) is 3.64. The molecule has 0 saturated heterocycles. The van der Waals surface area contributed by atoms with E-state index < -0.39 is 5.82 Å². The van der Waals surface area contributed by atoms with Gasteiger partial charge in [0.25, 0.3) is 5.91 Å². The zero-order chi connectivity index (χ0) is 13.1. The molecule has 1 amide bonds. The normalized spacial score (nSPS) is 23.7. The van der Waals surface area contributed by atoms with Crippen molar-refractivity contribution in [2.75, 3.05) is 0 Å². The van der Waals surface area contributed by atoms with Crippen LogP contribution in [-0.2, 0) is 0 Å². The lowest BCUT2D eigenvalue weighted by Gasteiger charge is -2.27. The van der Waals surface area contributed by atoms with Gasteiger partial charge in [0.15, 0.2) is 0 Å². The summed E-state index contributed by atoms with van der Waals surface area (Å²) < 4.78 is 13.7. The van der Waals surface area contributed by atoms with E-state index in [9.17, 15) is 9.18 Å². The van der Waals surface area contributed by atoms with Gasteiger partial charge in [0.2, 0.25) is 0 Å². The summed E-state index contributed by atoms with van der Waals surface area (Å²) in [6.07, 6.45) is 4.37. The highest BCUT2D eigenvalue weighted by atomic mass is 19.1. The lowest BCUT2D eigenvalue weighted by Crippen LogP contribution is -2.38. The van der Waals surface area contributed by atoms with Crippen molar-refractivity contribution in [1.82, 2.24) is 5.32 Å². The Morgan fingerprint density at radius 2 is 2.17 bits per heavy atom. The van der Waals surface area contributed by atoms with Crippen molar-refractivity contribution in [2.45, 2.75) is 45.6 Å². The van der Waals surface area contributed by atoms with Crippen LogP contribution in [0.5, 0.6) is 0 Å². The quantitative estimate of drug-likeness (QED) is 0.854. The number of carbonyl (C=O) groups excluding carboxylic acids is 1. The minimum absolute atomic E-state index is 0.152. The molecule has 1 aliphatic rings. The van der Waals surface area contributed by atoms with Gasteiger partial charge in [0.1, 0.15) is 5.82 Å². The smallest absolute Gasteiger partial charge is 0.254 e. The van der Waals surface area contributed by atoms with E-state index in [-0.39, 0.29) is 17.5 Å². The molecule has 18 heavy (non-hydrogen) atoms. The second kappa shape index (κ2) is 5.51. The molecule has 1 aromatic carbocycles. The monoisotopic (exact) mass is 249 g/mol. The van der Waals surface area contributed by atoms with Crippen LogP contribution in [0.3, 0.4) is 0 Å². The molecule has 98 valence electrons. The van der Waals surface area contributed by atoms with Crippen LogP contribution in [0.15, 0.2) is 18.2 Å². The van der Waals surface area contributed by atoms with E-state index in [1.165, 1.54) is 12.5 Å². The Morgan fingerprint density at radius 3 is 2.83 bits per heavy atom. The molecule has 3 heteroatoms. The lowest BCUT2D eigenvalue weighted by atomic mass is 9.87. The number of hydrogen-bond acceptors (Lipinski definition) is 1. The first-order valence-corrected chi connectivity index (χ1v) is 6.63. The molecular weight excluding hydrogens is 229 g/mol. The topological polar surface area (TPSA) is 29.1 Å². The number of carbonyl (C=O) groups is 1. The van der Waals surface area contributed by atoms with Crippen LogP contribution in [0.2, 0.25) is 0 Å². The second-order valence-electron chi connectivity index (χ2n) is 5.43. The Morgan fingerprint density at radius 1 is 1.39 bits per heavy atom. The molecule has 0 aliphatic heterocycles. The van der Waals surface area contributed by atoms with Crippen molar-refractivity contribution in [3.05, 3.63) is 35.1 Å². The maximum atomic E-state index is 13.7. The van der Waals surface area contributed by atoms with E-state index in [2.05, 4.69) is 12.2 Å². The number of aryl methyl sites for hydroxylation is 1. The van der Waals surface area contributed by atoms with Gasteiger partial charge in [-0.1, -0.05) is 25.8 Å². The number of halogens is 1. The van der Waals surface area contributed by atoms with Gasteiger partial charge >= 0.3 is 0 Å². The average molecular weight is 249 g/mol. The predicted octanol–water partition coefficient (Wildman–Crippen LogP) is 3.44. The summed E-state index contributed by atoms with van der Waals surface area (Å²) in [5, 5.41) is 2.95. The molecule has 0 heterocycles. The van der Waals surface area contributed by atoms with Gasteiger partial charge in [0, 0.05) is 6.04 Å². The number of nitrogens with one attached hydrogen (secondary N) is 1. The molecule has 0 bridgehead atoms. The van der Waals surface area contributed by atoms with Gasteiger partial charge in [0.05, 0.1) is 5.56 Å². The molecule has 2 nitrogen and oxygen atoms in total. The predicted molar refractivity (Wildman–Crippen MR) is 70.0 cm³/mol. The zero-order valence-corrected chi connectivity index (χ0v) is 11.0. The first-order valence-electron chi connectivity index (χ1n) is 6.63. The van der Waals surface area contributed by atoms with Gasteiger partial charge in [-0.15, -0.1) is 0 Å². The van der Waals surface area contributed by atoms with Crippen LogP contribution in [0, 0.1) is 18.7 Å². The maximum Gasteiger partial charge on any atom is 0.254 e. The van der Waals surface area contributed by atoms with Crippen LogP contribution < -0.4 is 5.32 Å². The molecule has 1 aromatic rings. The largest absolute Gasteiger partial charge is 0.349 e. The molecule has 1 aliphatic carbocycles. The molecule has 1 fully saturated rings. The first-order chi connectivity index (χ1) is 8.56. The molecule has 1 N–H and O–H groups in total. The van der Waals surface area contributed by atoms with Crippen molar-refractivity contribution in [1.29, 1.82) is 0 Å². The van der Waals surface area contributed by atoms with Gasteiger partial charge in [-0.3, -0.25) is 4.79 Å². The maximum absolute atomic E-state index is 13.7. The summed E-state index contributed by atoms with van der Waals surface area (Å²) in [5.74, 6) is -0.0742. The summed E-state index contributed by atoms with van der Waals surface area (Å²) in [6.45, 7) is 4.01. The third-order valence-corrected chi connectivity index (χ3v) is 3.64. The van der Waals surface area contributed by atoms with E-state index >= 15 is 0 Å². The number of hydrogen-bond donors (Lipinski definition) is 1. The van der Waals surface area contributed by atoms with Crippen LogP contribution in [-0.4, -0.2) is 11.9 Å². The molecule has 0 radical (unpaired) electrons. The summed E-state index contributed by atoms with van der Waals surface area (Å²) >= 11 is 0. The molecule has 2 atom stereocenters. The Hall–Kier alpha value is -1.38. The van der Waals surface area contributed by atoms with Gasteiger partial charge in [-0.2, -0.15) is 0 Å². The van der Waals surface area contributed by atoms with E-state index in [1.54, 1.807) is 12.1 Å². The Balaban J connectivity index is 2.03. The van der Waals surface area contributed by atoms with Crippen molar-refractivity contribution >= 4 is 5.91 Å². The highest BCUT2D eigenvalue weighted by Gasteiger charge is 2.22. The molecule has 2 rings (SSSR count). The van der Waals surface area contributed by atoms with Crippen LogP contribution in [0.1, 0.15) is 48.5 Å². The fourth-order valence-corrected chi connectivity index (χ4v) is 2.63. The first kappa shape index (κ1) is 13.1. The SMILES string of the molecule is Cc1ccc(C(=O)NC2CCCC(C)C2)c(F)c1. The van der Waals surface area contributed by atoms with E-state index in [0.717, 1.165) is 24.8 Å². The highest BCUT2D eigenvalue weighted by Crippen LogP contribution is 2.23. The number of rotatable bonds is 2. The van der Waals surface area contributed by atoms with Crippen molar-refractivity contribution < 1.29 is 9.18 Å². The minimum atomic E-state index is -0.434. The lowest BCUT2D eigenvalue weighted by molar-refractivity contribution is 0.0917. The Bertz CT molecular complexity index is 444. The fourth-order valence-electron chi connectivity index (χ4n) is 2.63. The van der Waals surface area contributed by atoms with Gasteiger partial charge < -0.3 is 5.32 Å². The summed E-state index contributed by atoms with van der Waals surface area (Å²) in [4.78, 5) is 12.0. The highest BCUT2D eigenvalue weighted by molar-refractivity contribution is 5.94. The van der Waals surface area contributed by atoms with E-state index in [4.69, 9.17) is 0 Å². The number of amides is 1. The van der Waals surface area contributed by atoms with Gasteiger partial charge in [-0.25, -0.2) is 4.39 Å². The standard InChI is InChI=1S/C15H20FNO/c1-10-4-3-5-12(8-10)17-15(18)13-7-6-11(2)9-14(13)16/h6-7,9-10,12H,3-5,8H2,1-2H3,(H,17,18). The Kier molecular flexibility index (Phi) is 4.00. The molecule has 1 saturated carbocycles. The second-order valence-corrected chi connectivity index (χ2v) is 5.43. The van der Waals surface area contributed by atoms with Crippen LogP contribution in [0.25, 0.3) is 0 Å².